The van der Waals surface area contributed by atoms with Gasteiger partial charge in [0.1, 0.15) is 10.0 Å². The van der Waals surface area contributed by atoms with Crippen molar-refractivity contribution in [2.24, 2.45) is 0 Å². The van der Waals surface area contributed by atoms with E-state index in [0.29, 0.717) is 12.0 Å². The molecule has 1 aromatic rings. The molecule has 1 saturated carbocycles. The lowest BCUT2D eigenvalue weighted by atomic mass is 10.1. The van der Waals surface area contributed by atoms with Gasteiger partial charge in [-0.3, -0.25) is 0 Å². The average Bonchev–Trinajstić information content (AvgIpc) is 2.86. The van der Waals surface area contributed by atoms with E-state index in [1.165, 1.54) is 30.7 Å². The highest BCUT2D eigenvalue weighted by atomic mass is 32.1. The third-order valence-corrected chi connectivity index (χ3v) is 4.23. The Balaban J connectivity index is 2.08. The van der Waals surface area contributed by atoms with Gasteiger partial charge < -0.3 is 5.32 Å². The van der Waals surface area contributed by atoms with Crippen LogP contribution in [0.25, 0.3) is 0 Å². The maximum absolute atomic E-state index is 4.30. The van der Waals surface area contributed by atoms with Gasteiger partial charge in [-0.15, -0.1) is 10.2 Å². The van der Waals surface area contributed by atoms with Gasteiger partial charge >= 0.3 is 0 Å². The summed E-state index contributed by atoms with van der Waals surface area (Å²) in [4.78, 5) is 0. The van der Waals surface area contributed by atoms with Crippen LogP contribution in [0.3, 0.4) is 0 Å². The minimum absolute atomic E-state index is 0.336. The van der Waals surface area contributed by atoms with Crippen LogP contribution < -0.4 is 5.32 Å². The van der Waals surface area contributed by atoms with Crippen LogP contribution in [0.4, 0.5) is 0 Å². The first-order chi connectivity index (χ1) is 6.81. The number of hydrogen-bond donors (Lipinski definition) is 1. The van der Waals surface area contributed by atoms with Crippen LogP contribution >= 0.6 is 11.3 Å². The lowest BCUT2D eigenvalue weighted by molar-refractivity contribution is 0.636. The number of rotatable bonds is 3. The van der Waals surface area contributed by atoms with E-state index in [4.69, 9.17) is 0 Å². The summed E-state index contributed by atoms with van der Waals surface area (Å²) in [6.45, 7) is 2.12. The van der Waals surface area contributed by atoms with Crippen LogP contribution in [0.15, 0.2) is 0 Å². The second-order valence-electron chi connectivity index (χ2n) is 3.97. The molecule has 0 saturated heterocycles. The maximum Gasteiger partial charge on any atom is 0.134 e. The predicted molar refractivity (Wildman–Crippen MR) is 58.6 cm³/mol. The molecule has 1 aliphatic carbocycles. The zero-order valence-electron chi connectivity index (χ0n) is 8.79. The Hall–Kier alpha value is -0.480. The molecular formula is C10H17N3S. The first-order valence-corrected chi connectivity index (χ1v) is 6.13. The van der Waals surface area contributed by atoms with Crippen LogP contribution in [0.2, 0.25) is 0 Å². The number of aromatic nitrogens is 2. The normalized spacial score (nSPS) is 20.1. The third-order valence-electron chi connectivity index (χ3n) is 2.96. The monoisotopic (exact) mass is 211 g/mol. The molecule has 14 heavy (non-hydrogen) atoms. The van der Waals surface area contributed by atoms with E-state index in [1.54, 1.807) is 11.3 Å². The highest BCUT2D eigenvalue weighted by Crippen LogP contribution is 2.36. The molecule has 0 bridgehead atoms. The minimum atomic E-state index is 0.336. The predicted octanol–water partition coefficient (Wildman–Crippen LogP) is 2.48. The molecule has 0 aromatic carbocycles. The zero-order chi connectivity index (χ0) is 9.97. The smallest absolute Gasteiger partial charge is 0.134 e. The lowest BCUT2D eigenvalue weighted by Gasteiger charge is -2.04. The largest absolute Gasteiger partial charge is 0.311 e. The van der Waals surface area contributed by atoms with E-state index >= 15 is 0 Å². The highest BCUT2D eigenvalue weighted by Gasteiger charge is 2.21. The molecule has 1 atom stereocenters. The number of hydrogen-bond acceptors (Lipinski definition) is 4. The fraction of sp³-hybridized carbons (Fsp3) is 0.800. The van der Waals surface area contributed by atoms with Gasteiger partial charge in [-0.1, -0.05) is 24.2 Å². The fourth-order valence-electron chi connectivity index (χ4n) is 1.88. The van der Waals surface area contributed by atoms with Crippen LogP contribution in [0.1, 0.15) is 54.6 Å². The van der Waals surface area contributed by atoms with Gasteiger partial charge in [0.15, 0.2) is 0 Å². The molecule has 1 unspecified atom stereocenters. The van der Waals surface area contributed by atoms with E-state index in [1.807, 2.05) is 7.05 Å². The van der Waals surface area contributed by atoms with Crippen molar-refractivity contribution < 1.29 is 0 Å². The summed E-state index contributed by atoms with van der Waals surface area (Å²) in [7, 11) is 1.96. The van der Waals surface area contributed by atoms with Crippen molar-refractivity contribution in [3.8, 4) is 0 Å². The first-order valence-electron chi connectivity index (χ1n) is 5.32. The van der Waals surface area contributed by atoms with Gasteiger partial charge in [0, 0.05) is 5.92 Å². The summed E-state index contributed by atoms with van der Waals surface area (Å²) in [5.74, 6) is 0.699. The topological polar surface area (TPSA) is 37.8 Å². The standard InChI is InChI=1S/C10H17N3S/c1-7(11-2)9-12-13-10(14-9)8-5-3-4-6-8/h7-8,11H,3-6H2,1-2H3. The summed E-state index contributed by atoms with van der Waals surface area (Å²) < 4.78 is 0. The van der Waals surface area contributed by atoms with Crippen molar-refractivity contribution in [3.05, 3.63) is 10.0 Å². The van der Waals surface area contributed by atoms with Crippen molar-refractivity contribution in [3.63, 3.8) is 0 Å². The third kappa shape index (κ3) is 1.96. The molecule has 0 radical (unpaired) electrons. The Morgan fingerprint density at radius 1 is 1.36 bits per heavy atom. The molecular weight excluding hydrogens is 194 g/mol. The summed E-state index contributed by atoms with van der Waals surface area (Å²) in [5, 5.41) is 14.1. The molecule has 1 heterocycles. The maximum atomic E-state index is 4.30. The SMILES string of the molecule is CNC(C)c1nnc(C2CCCC2)s1. The number of nitrogens with one attached hydrogen (secondary N) is 1. The number of nitrogens with zero attached hydrogens (tertiary/aromatic N) is 2. The molecule has 4 heteroatoms. The highest BCUT2D eigenvalue weighted by molar-refractivity contribution is 7.11. The second-order valence-corrected chi connectivity index (χ2v) is 5.01. The fourth-order valence-corrected chi connectivity index (χ4v) is 2.96. The van der Waals surface area contributed by atoms with Crippen LogP contribution in [-0.2, 0) is 0 Å². The van der Waals surface area contributed by atoms with Crippen molar-refractivity contribution in [2.75, 3.05) is 7.05 Å². The van der Waals surface area contributed by atoms with E-state index in [0.717, 1.165) is 5.01 Å². The van der Waals surface area contributed by atoms with E-state index < -0.39 is 0 Å². The minimum Gasteiger partial charge on any atom is -0.311 e. The van der Waals surface area contributed by atoms with Crippen LogP contribution in [0, 0.1) is 0 Å². The van der Waals surface area contributed by atoms with Crippen LogP contribution in [0.5, 0.6) is 0 Å². The molecule has 0 spiro atoms. The molecule has 1 fully saturated rings. The van der Waals surface area contributed by atoms with Crippen molar-refractivity contribution in [2.45, 2.75) is 44.6 Å². The molecule has 1 N–H and O–H groups in total. The molecule has 0 amide bonds. The van der Waals surface area contributed by atoms with Crippen LogP contribution in [-0.4, -0.2) is 17.2 Å². The van der Waals surface area contributed by atoms with E-state index in [-0.39, 0.29) is 0 Å². The van der Waals surface area contributed by atoms with Gasteiger partial charge in [0.25, 0.3) is 0 Å². The van der Waals surface area contributed by atoms with Crippen molar-refractivity contribution >= 4 is 11.3 Å². The average molecular weight is 211 g/mol. The molecule has 78 valence electrons. The summed E-state index contributed by atoms with van der Waals surface area (Å²) in [6, 6.07) is 0.336. The molecule has 3 nitrogen and oxygen atoms in total. The molecule has 1 aromatic heterocycles. The summed E-state index contributed by atoms with van der Waals surface area (Å²) in [6.07, 6.45) is 5.34. The Kier molecular flexibility index (Phi) is 3.13. The zero-order valence-corrected chi connectivity index (χ0v) is 9.60. The van der Waals surface area contributed by atoms with Crippen molar-refractivity contribution in [1.29, 1.82) is 0 Å². The van der Waals surface area contributed by atoms with Gasteiger partial charge in [-0.2, -0.15) is 0 Å². The molecule has 2 rings (SSSR count). The lowest BCUT2D eigenvalue weighted by Crippen LogP contribution is -2.11. The van der Waals surface area contributed by atoms with E-state index in [9.17, 15) is 0 Å². The van der Waals surface area contributed by atoms with Gasteiger partial charge in [0.05, 0.1) is 6.04 Å². The van der Waals surface area contributed by atoms with Gasteiger partial charge in [-0.25, -0.2) is 0 Å². The van der Waals surface area contributed by atoms with Gasteiger partial charge in [0.2, 0.25) is 0 Å². The van der Waals surface area contributed by atoms with Crippen molar-refractivity contribution in [1.82, 2.24) is 15.5 Å². The second kappa shape index (κ2) is 4.36. The Bertz CT molecular complexity index is 291. The molecule has 0 aliphatic heterocycles. The Labute approximate surface area is 88.9 Å². The molecule has 1 aliphatic rings. The Morgan fingerprint density at radius 2 is 2.07 bits per heavy atom. The quantitative estimate of drug-likeness (QED) is 0.834. The van der Waals surface area contributed by atoms with E-state index in [2.05, 4.69) is 22.4 Å². The Morgan fingerprint density at radius 3 is 2.71 bits per heavy atom. The summed E-state index contributed by atoms with van der Waals surface area (Å²) in [5.41, 5.74) is 0. The summed E-state index contributed by atoms with van der Waals surface area (Å²) >= 11 is 1.78. The first kappa shape index (κ1) is 10.1. The van der Waals surface area contributed by atoms with Gasteiger partial charge in [-0.05, 0) is 26.8 Å².